The van der Waals surface area contributed by atoms with Crippen molar-refractivity contribution in [2.45, 2.75) is 33.6 Å². The van der Waals surface area contributed by atoms with E-state index < -0.39 is 5.97 Å². The summed E-state index contributed by atoms with van der Waals surface area (Å²) in [5, 5.41) is 8.61. The average Bonchev–Trinajstić information content (AvgIpc) is 1.90. The summed E-state index contributed by atoms with van der Waals surface area (Å²) in [6, 6.07) is 0. The molecule has 0 unspecified atom stereocenters. The quantitative estimate of drug-likeness (QED) is 0.656. The Bertz CT molecular complexity index is 106. The predicted octanol–water partition coefficient (Wildman–Crippen LogP) is 2.14. The van der Waals surface area contributed by atoms with E-state index >= 15 is 0 Å². The summed E-state index contributed by atoms with van der Waals surface area (Å²) in [5.74, 6) is -0.513. The Balaban J connectivity index is 3.88. The van der Waals surface area contributed by atoms with Crippen molar-refractivity contribution in [3.05, 3.63) is 0 Å². The second-order valence-corrected chi connectivity index (χ2v) is 2.70. The number of carbonyl (C=O) groups is 1. The van der Waals surface area contributed by atoms with Crippen molar-refractivity contribution in [2.24, 2.45) is 11.8 Å². The smallest absolute Gasteiger partial charge is 0.306 e. The molecule has 0 aromatic carbocycles. The van der Waals surface area contributed by atoms with Crippen LogP contribution >= 0.6 is 0 Å². The van der Waals surface area contributed by atoms with Gasteiger partial charge < -0.3 is 5.11 Å². The summed E-state index contributed by atoms with van der Waals surface area (Å²) in [7, 11) is 0. The lowest BCUT2D eigenvalue weighted by atomic mass is 9.90. The van der Waals surface area contributed by atoms with Gasteiger partial charge in [0.1, 0.15) is 0 Å². The summed E-state index contributed by atoms with van der Waals surface area (Å²) < 4.78 is 0. The van der Waals surface area contributed by atoms with Crippen molar-refractivity contribution < 1.29 is 9.90 Å². The Morgan fingerprint density at radius 2 is 1.80 bits per heavy atom. The molecule has 0 amide bonds. The molecule has 2 nitrogen and oxygen atoms in total. The van der Waals surface area contributed by atoms with Gasteiger partial charge in [-0.3, -0.25) is 4.79 Å². The highest BCUT2D eigenvalue weighted by Crippen LogP contribution is 2.18. The lowest BCUT2D eigenvalue weighted by molar-refractivity contribution is -0.143. The summed E-state index contributed by atoms with van der Waals surface area (Å²) in [4.78, 5) is 10.5. The van der Waals surface area contributed by atoms with Crippen LogP contribution in [0.2, 0.25) is 0 Å². The Labute approximate surface area is 62.2 Å². The van der Waals surface area contributed by atoms with E-state index in [4.69, 9.17) is 5.11 Å². The maximum Gasteiger partial charge on any atom is 0.306 e. The summed E-state index contributed by atoms with van der Waals surface area (Å²) in [5.41, 5.74) is 0. The first-order chi connectivity index (χ1) is 4.63. The zero-order chi connectivity index (χ0) is 8.15. The van der Waals surface area contributed by atoms with Gasteiger partial charge in [-0.2, -0.15) is 0 Å². The van der Waals surface area contributed by atoms with Gasteiger partial charge in [-0.25, -0.2) is 0 Å². The number of rotatable bonds is 4. The molecule has 0 saturated carbocycles. The van der Waals surface area contributed by atoms with E-state index in [1.807, 2.05) is 13.8 Å². The summed E-state index contributed by atoms with van der Waals surface area (Å²) in [6.45, 7) is 5.85. The third-order valence-electron chi connectivity index (χ3n) is 2.15. The summed E-state index contributed by atoms with van der Waals surface area (Å²) >= 11 is 0. The van der Waals surface area contributed by atoms with Crippen LogP contribution in [0.25, 0.3) is 0 Å². The van der Waals surface area contributed by atoms with E-state index in [1.165, 1.54) is 0 Å². The monoisotopic (exact) mass is 144 g/mol. The fraction of sp³-hybridized carbons (Fsp3) is 0.875. The van der Waals surface area contributed by atoms with Crippen molar-refractivity contribution in [2.75, 3.05) is 0 Å². The molecule has 0 spiro atoms. The number of carboxylic acids is 1. The Morgan fingerprint density at radius 3 is 1.90 bits per heavy atom. The van der Waals surface area contributed by atoms with E-state index in [2.05, 4.69) is 0 Å². The third-order valence-corrected chi connectivity index (χ3v) is 2.15. The van der Waals surface area contributed by atoms with Gasteiger partial charge in [0.2, 0.25) is 0 Å². The highest BCUT2D eigenvalue weighted by atomic mass is 16.4. The Morgan fingerprint density at radius 1 is 1.40 bits per heavy atom. The normalized spacial score (nSPS) is 13.6. The molecule has 0 saturated heterocycles. The highest BCUT2D eigenvalue weighted by molar-refractivity contribution is 5.69. The van der Waals surface area contributed by atoms with Gasteiger partial charge >= 0.3 is 5.97 Å². The first-order valence-electron chi connectivity index (χ1n) is 3.86. The first-order valence-corrected chi connectivity index (χ1v) is 3.86. The Kier molecular flexibility index (Phi) is 4.08. The molecule has 0 fully saturated rings. The van der Waals surface area contributed by atoms with Gasteiger partial charge in [-0.05, 0) is 5.92 Å². The molecule has 10 heavy (non-hydrogen) atoms. The first kappa shape index (κ1) is 9.47. The second-order valence-electron chi connectivity index (χ2n) is 2.70. The molecule has 0 aliphatic rings. The molecule has 60 valence electrons. The van der Waals surface area contributed by atoms with Crippen LogP contribution in [0.5, 0.6) is 0 Å². The van der Waals surface area contributed by atoms with Crippen LogP contribution in [0.3, 0.4) is 0 Å². The molecular formula is C8H16O2. The van der Waals surface area contributed by atoms with Gasteiger partial charge in [-0.15, -0.1) is 0 Å². The maximum atomic E-state index is 10.5. The van der Waals surface area contributed by atoms with Gasteiger partial charge in [0.05, 0.1) is 5.92 Å². The zero-order valence-corrected chi connectivity index (χ0v) is 6.92. The molecule has 0 bridgehead atoms. The van der Waals surface area contributed by atoms with Gasteiger partial charge in [-0.1, -0.05) is 33.6 Å². The number of hydrogen-bond donors (Lipinski definition) is 1. The molecular weight excluding hydrogens is 128 g/mol. The highest BCUT2D eigenvalue weighted by Gasteiger charge is 2.19. The van der Waals surface area contributed by atoms with Gasteiger partial charge in [0.15, 0.2) is 0 Å². The van der Waals surface area contributed by atoms with Crippen LogP contribution in [-0.4, -0.2) is 11.1 Å². The number of hydrogen-bond acceptors (Lipinski definition) is 1. The van der Waals surface area contributed by atoms with Crippen LogP contribution in [0, 0.1) is 11.8 Å². The average molecular weight is 144 g/mol. The molecule has 0 radical (unpaired) electrons. The van der Waals surface area contributed by atoms with Crippen LogP contribution in [0.1, 0.15) is 33.6 Å². The fourth-order valence-electron chi connectivity index (χ4n) is 1.20. The molecule has 0 aromatic rings. The van der Waals surface area contributed by atoms with E-state index in [0.29, 0.717) is 5.92 Å². The maximum absolute atomic E-state index is 10.5. The standard InChI is InChI=1S/C8H16O2/c1-4-7(5-2)6(3)8(9)10/h6-7H,4-5H2,1-3H3,(H,9,10)/t6-/m0/s1. The lowest BCUT2D eigenvalue weighted by Crippen LogP contribution is -2.19. The molecule has 0 aliphatic carbocycles. The summed E-state index contributed by atoms with van der Waals surface area (Å²) in [6.07, 6.45) is 1.92. The fourth-order valence-corrected chi connectivity index (χ4v) is 1.20. The zero-order valence-electron chi connectivity index (χ0n) is 6.92. The van der Waals surface area contributed by atoms with Crippen molar-refractivity contribution in [1.82, 2.24) is 0 Å². The van der Waals surface area contributed by atoms with Crippen LogP contribution in [0.4, 0.5) is 0 Å². The number of carboxylic acid groups (broad SMARTS) is 1. The van der Waals surface area contributed by atoms with Crippen molar-refractivity contribution in [1.29, 1.82) is 0 Å². The van der Waals surface area contributed by atoms with Gasteiger partial charge in [0, 0.05) is 0 Å². The van der Waals surface area contributed by atoms with Crippen molar-refractivity contribution in [3.8, 4) is 0 Å². The second kappa shape index (κ2) is 4.31. The topological polar surface area (TPSA) is 37.3 Å². The lowest BCUT2D eigenvalue weighted by Gasteiger charge is -2.16. The molecule has 0 rings (SSSR count). The van der Waals surface area contributed by atoms with Crippen molar-refractivity contribution >= 4 is 5.97 Å². The molecule has 1 atom stereocenters. The predicted molar refractivity (Wildman–Crippen MR) is 40.9 cm³/mol. The Hall–Kier alpha value is -0.530. The molecule has 2 heteroatoms. The SMILES string of the molecule is CCC(CC)[C@H](C)C(=O)O. The van der Waals surface area contributed by atoms with Crippen LogP contribution in [0.15, 0.2) is 0 Å². The molecule has 0 heterocycles. The minimum Gasteiger partial charge on any atom is -0.481 e. The van der Waals surface area contributed by atoms with Gasteiger partial charge in [0.25, 0.3) is 0 Å². The minimum absolute atomic E-state index is 0.185. The van der Waals surface area contributed by atoms with E-state index in [1.54, 1.807) is 6.92 Å². The third kappa shape index (κ3) is 2.38. The van der Waals surface area contributed by atoms with Crippen molar-refractivity contribution in [3.63, 3.8) is 0 Å². The number of aliphatic carboxylic acids is 1. The minimum atomic E-state index is -0.672. The van der Waals surface area contributed by atoms with E-state index in [0.717, 1.165) is 12.8 Å². The van der Waals surface area contributed by atoms with E-state index in [9.17, 15) is 4.79 Å². The van der Waals surface area contributed by atoms with E-state index in [-0.39, 0.29) is 5.92 Å². The van der Waals surface area contributed by atoms with Crippen LogP contribution < -0.4 is 0 Å². The largest absolute Gasteiger partial charge is 0.481 e. The van der Waals surface area contributed by atoms with Crippen LogP contribution in [-0.2, 0) is 4.79 Å². The molecule has 0 aliphatic heterocycles. The molecule has 1 N–H and O–H groups in total. The molecule has 0 aromatic heterocycles.